The molecule has 0 radical (unpaired) electrons. The lowest BCUT2D eigenvalue weighted by Crippen LogP contribution is -2.17. The number of hydrogen-bond donors (Lipinski definition) is 2. The lowest BCUT2D eigenvalue weighted by atomic mass is 10.1. The van der Waals surface area contributed by atoms with Crippen molar-refractivity contribution in [2.45, 2.75) is 13.5 Å². The second kappa shape index (κ2) is 6.96. The summed E-state index contributed by atoms with van der Waals surface area (Å²) in [5.74, 6) is -0.0793. The zero-order valence-corrected chi connectivity index (χ0v) is 14.2. The molecule has 0 atom stereocenters. The molecule has 5 heteroatoms. The number of benzene rings is 2. The Balaban J connectivity index is 2.09. The quantitative estimate of drug-likeness (QED) is 0.842. The lowest BCUT2D eigenvalue weighted by molar-refractivity contribution is 0.0963. The van der Waals surface area contributed by atoms with Gasteiger partial charge in [-0.3, -0.25) is 4.79 Å². The molecule has 0 unspecified atom stereocenters. The highest BCUT2D eigenvalue weighted by Crippen LogP contribution is 2.24. The van der Waals surface area contributed by atoms with Crippen molar-refractivity contribution in [1.82, 2.24) is 5.32 Å². The fourth-order valence-corrected chi connectivity index (χ4v) is 2.44. The Hall–Kier alpha value is -1.52. The second-order valence-corrected chi connectivity index (χ2v) is 5.97. The average molecular weight is 368 g/mol. The van der Waals surface area contributed by atoms with Crippen LogP contribution in [-0.2, 0) is 6.54 Å². The first-order chi connectivity index (χ1) is 10.0. The summed E-state index contributed by atoms with van der Waals surface area (Å²) >= 11 is 9.45. The van der Waals surface area contributed by atoms with Crippen LogP contribution in [0.1, 0.15) is 21.5 Å². The molecule has 0 aliphatic carbocycles. The normalized spacial score (nSPS) is 10.3. The van der Waals surface area contributed by atoms with E-state index in [0.29, 0.717) is 17.1 Å². The second-order valence-electron chi connectivity index (χ2n) is 4.71. The van der Waals surface area contributed by atoms with E-state index >= 15 is 0 Å². The highest BCUT2D eigenvalue weighted by molar-refractivity contribution is 9.10. The molecule has 2 aromatic carbocycles. The van der Waals surface area contributed by atoms with Crippen molar-refractivity contribution in [3.8, 4) is 0 Å². The molecule has 110 valence electrons. The van der Waals surface area contributed by atoms with E-state index in [9.17, 15) is 4.79 Å². The summed E-state index contributed by atoms with van der Waals surface area (Å²) in [6.45, 7) is 2.65. The minimum atomic E-state index is -0.0793. The largest absolute Gasteiger partial charge is 0.381 e. The Labute approximate surface area is 137 Å². The van der Waals surface area contributed by atoms with Crippen LogP contribution in [0.5, 0.6) is 0 Å². The van der Waals surface area contributed by atoms with E-state index in [2.05, 4.69) is 26.6 Å². The molecule has 0 heterocycles. The summed E-state index contributed by atoms with van der Waals surface area (Å²) < 4.78 is 0.888. The van der Waals surface area contributed by atoms with Gasteiger partial charge in [0, 0.05) is 29.3 Å². The minimum absolute atomic E-state index is 0.0793. The lowest BCUT2D eigenvalue weighted by Gasteiger charge is -2.11. The third-order valence-corrected chi connectivity index (χ3v) is 4.42. The van der Waals surface area contributed by atoms with Gasteiger partial charge in [0.25, 0.3) is 5.91 Å². The van der Waals surface area contributed by atoms with E-state index in [4.69, 9.17) is 11.6 Å². The van der Waals surface area contributed by atoms with Crippen LogP contribution >= 0.6 is 27.5 Å². The van der Waals surface area contributed by atoms with Crippen LogP contribution < -0.4 is 10.6 Å². The maximum Gasteiger partial charge on any atom is 0.251 e. The summed E-state index contributed by atoms with van der Waals surface area (Å²) in [6.07, 6.45) is 0. The van der Waals surface area contributed by atoms with Crippen molar-refractivity contribution in [2.24, 2.45) is 0 Å². The molecule has 0 aliphatic rings. The van der Waals surface area contributed by atoms with E-state index in [1.54, 1.807) is 7.05 Å². The number of halogens is 2. The van der Waals surface area contributed by atoms with Crippen molar-refractivity contribution >= 4 is 39.1 Å². The van der Waals surface area contributed by atoms with Crippen molar-refractivity contribution in [3.63, 3.8) is 0 Å². The Bertz CT molecular complexity index is 673. The predicted octanol–water partition coefficient (Wildman–Crippen LogP) is 4.38. The van der Waals surface area contributed by atoms with Gasteiger partial charge in [0.05, 0.1) is 5.02 Å². The molecule has 0 bridgehead atoms. The SMILES string of the molecule is CNC(=O)c1ccc(NCc2ccc(Br)c(Cl)c2)c(C)c1. The van der Waals surface area contributed by atoms with Gasteiger partial charge in [0.1, 0.15) is 0 Å². The summed E-state index contributed by atoms with van der Waals surface area (Å²) in [5, 5.41) is 6.67. The van der Waals surface area contributed by atoms with E-state index in [1.165, 1.54) is 0 Å². The first kappa shape index (κ1) is 15.9. The molecule has 2 aromatic rings. The highest BCUT2D eigenvalue weighted by atomic mass is 79.9. The van der Waals surface area contributed by atoms with Crippen molar-refractivity contribution in [2.75, 3.05) is 12.4 Å². The van der Waals surface area contributed by atoms with Gasteiger partial charge in [-0.2, -0.15) is 0 Å². The number of carbonyl (C=O) groups excluding carboxylic acids is 1. The summed E-state index contributed by atoms with van der Waals surface area (Å²) in [4.78, 5) is 11.6. The molecular formula is C16H16BrClN2O. The number of carbonyl (C=O) groups is 1. The van der Waals surface area contributed by atoms with Gasteiger partial charge in [0.15, 0.2) is 0 Å². The zero-order valence-electron chi connectivity index (χ0n) is 11.8. The topological polar surface area (TPSA) is 41.1 Å². The molecule has 0 spiro atoms. The van der Waals surface area contributed by atoms with Gasteiger partial charge < -0.3 is 10.6 Å². The Morgan fingerprint density at radius 2 is 2.00 bits per heavy atom. The van der Waals surface area contributed by atoms with Gasteiger partial charge in [-0.15, -0.1) is 0 Å². The monoisotopic (exact) mass is 366 g/mol. The standard InChI is InChI=1S/C16H16BrClN2O/c1-10-7-12(16(21)19-2)4-6-15(10)20-9-11-3-5-13(17)14(18)8-11/h3-8,20H,9H2,1-2H3,(H,19,21). The summed E-state index contributed by atoms with van der Waals surface area (Å²) in [7, 11) is 1.63. The van der Waals surface area contributed by atoms with Gasteiger partial charge in [-0.05, 0) is 64.3 Å². The average Bonchev–Trinajstić information content (AvgIpc) is 2.48. The van der Waals surface area contributed by atoms with Crippen LogP contribution in [0.25, 0.3) is 0 Å². The molecule has 2 N–H and O–H groups in total. The fourth-order valence-electron chi connectivity index (χ4n) is 1.99. The minimum Gasteiger partial charge on any atom is -0.381 e. The van der Waals surface area contributed by atoms with E-state index in [-0.39, 0.29) is 5.91 Å². The third kappa shape index (κ3) is 3.99. The Kier molecular flexibility index (Phi) is 5.26. The maximum absolute atomic E-state index is 11.6. The Morgan fingerprint density at radius 1 is 1.24 bits per heavy atom. The number of hydrogen-bond acceptors (Lipinski definition) is 2. The first-order valence-electron chi connectivity index (χ1n) is 6.52. The van der Waals surface area contributed by atoms with E-state index in [0.717, 1.165) is 21.3 Å². The van der Waals surface area contributed by atoms with Crippen LogP contribution in [-0.4, -0.2) is 13.0 Å². The molecule has 0 fully saturated rings. The predicted molar refractivity (Wildman–Crippen MR) is 91.0 cm³/mol. The van der Waals surface area contributed by atoms with Crippen LogP contribution in [0, 0.1) is 6.92 Å². The molecule has 0 saturated carbocycles. The Morgan fingerprint density at radius 3 is 2.62 bits per heavy atom. The van der Waals surface area contributed by atoms with Crippen LogP contribution in [0.3, 0.4) is 0 Å². The summed E-state index contributed by atoms with van der Waals surface area (Å²) in [6, 6.07) is 11.5. The van der Waals surface area contributed by atoms with E-state index < -0.39 is 0 Å². The number of amides is 1. The van der Waals surface area contributed by atoms with Crippen molar-refractivity contribution in [1.29, 1.82) is 0 Å². The van der Waals surface area contributed by atoms with Crippen LogP contribution in [0.15, 0.2) is 40.9 Å². The molecule has 0 aromatic heterocycles. The van der Waals surface area contributed by atoms with E-state index in [1.807, 2.05) is 43.3 Å². The van der Waals surface area contributed by atoms with Gasteiger partial charge in [-0.25, -0.2) is 0 Å². The van der Waals surface area contributed by atoms with Gasteiger partial charge in [0.2, 0.25) is 0 Å². The van der Waals surface area contributed by atoms with Crippen molar-refractivity contribution < 1.29 is 4.79 Å². The van der Waals surface area contributed by atoms with Gasteiger partial charge in [-0.1, -0.05) is 17.7 Å². The van der Waals surface area contributed by atoms with Crippen molar-refractivity contribution in [3.05, 3.63) is 62.6 Å². The molecule has 21 heavy (non-hydrogen) atoms. The highest BCUT2D eigenvalue weighted by Gasteiger charge is 2.06. The molecule has 3 nitrogen and oxygen atoms in total. The fraction of sp³-hybridized carbons (Fsp3) is 0.188. The molecule has 0 aliphatic heterocycles. The van der Waals surface area contributed by atoms with Crippen LogP contribution in [0.2, 0.25) is 5.02 Å². The third-order valence-electron chi connectivity index (χ3n) is 3.18. The maximum atomic E-state index is 11.6. The smallest absolute Gasteiger partial charge is 0.251 e. The van der Waals surface area contributed by atoms with Gasteiger partial charge >= 0.3 is 0 Å². The molecule has 1 amide bonds. The summed E-state index contributed by atoms with van der Waals surface area (Å²) in [5.41, 5.74) is 3.78. The number of aryl methyl sites for hydroxylation is 1. The number of rotatable bonds is 4. The number of anilines is 1. The number of nitrogens with one attached hydrogen (secondary N) is 2. The molecule has 2 rings (SSSR count). The molecular weight excluding hydrogens is 352 g/mol. The first-order valence-corrected chi connectivity index (χ1v) is 7.69. The van der Waals surface area contributed by atoms with Crippen LogP contribution in [0.4, 0.5) is 5.69 Å². The zero-order chi connectivity index (χ0) is 15.4. The molecule has 0 saturated heterocycles.